The van der Waals surface area contributed by atoms with Crippen LogP contribution in [0.25, 0.3) is 5.53 Å². The maximum Gasteiger partial charge on any atom is 0.300 e. The van der Waals surface area contributed by atoms with Crippen LogP contribution in [-0.2, 0) is 9.68 Å². The van der Waals surface area contributed by atoms with Gasteiger partial charge in [-0.3, -0.25) is 9.68 Å². The molecule has 0 aromatic carbocycles. The molecule has 0 saturated carbocycles. The van der Waals surface area contributed by atoms with Gasteiger partial charge in [-0.25, -0.2) is 0 Å². The number of hydrogen-bond donors (Lipinski definition) is 0. The lowest BCUT2D eigenvalue weighted by molar-refractivity contribution is -0.745. The van der Waals surface area contributed by atoms with Crippen LogP contribution in [-0.4, -0.2) is 20.7 Å². The van der Waals surface area contributed by atoms with Gasteiger partial charge in [-0.2, -0.15) is 4.79 Å². The molecule has 0 aromatic rings. The Morgan fingerprint density at radius 2 is 1.88 bits per heavy atom. The molecule has 10 heteroatoms. The van der Waals surface area contributed by atoms with E-state index in [9.17, 15) is 20.2 Å². The average Bonchev–Trinajstić information content (AvgIpc) is 2.14. The average molecular weight is 228 g/mol. The highest BCUT2D eigenvalue weighted by molar-refractivity contribution is 5.93. The van der Waals surface area contributed by atoms with Gasteiger partial charge in [0.05, 0.1) is 12.5 Å². The Hall–Kier alpha value is -2.74. The fraction of sp³-hybridized carbons (Fsp3) is 0.167. The van der Waals surface area contributed by atoms with Gasteiger partial charge in [0.2, 0.25) is 0 Å². The molecule has 0 fully saturated rings. The molecule has 0 heterocycles. The van der Waals surface area contributed by atoms with Crippen molar-refractivity contribution in [2.75, 3.05) is 0 Å². The van der Waals surface area contributed by atoms with Crippen LogP contribution in [0.2, 0.25) is 0 Å². The molecule has 0 saturated heterocycles. The summed E-state index contributed by atoms with van der Waals surface area (Å²) in [6.45, 7) is 0. The summed E-state index contributed by atoms with van der Waals surface area (Å²) in [7, 11) is 0. The summed E-state index contributed by atoms with van der Waals surface area (Å²) in [4.78, 5) is 31.0. The third-order valence-corrected chi connectivity index (χ3v) is 1.47. The van der Waals surface area contributed by atoms with Crippen molar-refractivity contribution in [1.82, 2.24) is 0 Å². The van der Waals surface area contributed by atoms with Crippen molar-refractivity contribution in [2.24, 2.45) is 0 Å². The van der Waals surface area contributed by atoms with Gasteiger partial charge in [-0.15, -0.1) is 20.2 Å². The Morgan fingerprint density at radius 3 is 2.38 bits per heavy atom. The first-order chi connectivity index (χ1) is 7.51. The van der Waals surface area contributed by atoms with Gasteiger partial charge in [0.25, 0.3) is 15.9 Å². The van der Waals surface area contributed by atoms with Crippen molar-refractivity contribution < 1.29 is 24.6 Å². The van der Waals surface area contributed by atoms with Crippen molar-refractivity contribution in [3.05, 3.63) is 49.4 Å². The number of rotatable bonds is 4. The number of allylic oxidation sites excluding steroid dienone is 3. The zero-order chi connectivity index (χ0) is 12.1. The fourth-order valence-electron chi connectivity index (χ4n) is 1.00. The third kappa shape index (κ3) is 3.20. The predicted molar refractivity (Wildman–Crippen MR) is 45.6 cm³/mol. The molecule has 0 bridgehead atoms. The molecular weight excluding hydrogens is 224 g/mol. The van der Waals surface area contributed by atoms with Gasteiger partial charge in [0.15, 0.2) is 0 Å². The first-order valence-corrected chi connectivity index (χ1v) is 3.79. The van der Waals surface area contributed by atoms with E-state index >= 15 is 0 Å². The normalized spacial score (nSPS) is 14.4. The van der Waals surface area contributed by atoms with E-state index in [-0.39, 0.29) is 23.7 Å². The molecule has 0 aliphatic heterocycles. The van der Waals surface area contributed by atoms with Crippen LogP contribution in [0.15, 0.2) is 23.7 Å². The lowest BCUT2D eigenvalue weighted by Crippen LogP contribution is -2.12. The third-order valence-electron chi connectivity index (χ3n) is 1.47. The van der Waals surface area contributed by atoms with Gasteiger partial charge >= 0.3 is 0 Å². The van der Waals surface area contributed by atoms with E-state index in [2.05, 4.69) is 14.5 Å². The minimum atomic E-state index is -1.10. The second kappa shape index (κ2) is 4.66. The molecule has 1 aliphatic carbocycles. The Kier molecular flexibility index (Phi) is 3.30. The molecule has 1 aliphatic rings. The quantitative estimate of drug-likeness (QED) is 0.292. The second-order valence-electron chi connectivity index (χ2n) is 2.56. The Bertz CT molecular complexity index is 446. The van der Waals surface area contributed by atoms with Gasteiger partial charge < -0.3 is 5.53 Å². The summed E-state index contributed by atoms with van der Waals surface area (Å²) in [5.74, 6) is -0.571. The Labute approximate surface area is 87.2 Å². The van der Waals surface area contributed by atoms with Crippen LogP contribution in [0.4, 0.5) is 0 Å². The smallest absolute Gasteiger partial charge is 0.300 e. The molecule has 0 amide bonds. The summed E-state index contributed by atoms with van der Waals surface area (Å²) >= 11 is 0. The van der Waals surface area contributed by atoms with E-state index < -0.39 is 10.2 Å². The topological polar surface area (TPSA) is 141 Å². The zero-order valence-electron chi connectivity index (χ0n) is 7.60. The number of hydrogen-bond acceptors (Lipinski definition) is 6. The summed E-state index contributed by atoms with van der Waals surface area (Å²) in [5.41, 5.74) is 8.40. The molecule has 1 rings (SSSR count). The molecule has 0 atom stereocenters. The minimum absolute atomic E-state index is 0.0591. The maximum atomic E-state index is 10.0. The molecule has 0 radical (unpaired) electrons. The molecule has 10 nitrogen and oxygen atoms in total. The van der Waals surface area contributed by atoms with Gasteiger partial charge in [0, 0.05) is 0 Å². The van der Waals surface area contributed by atoms with E-state index in [4.69, 9.17) is 5.53 Å². The highest BCUT2D eigenvalue weighted by atomic mass is 17.0. The van der Waals surface area contributed by atoms with Crippen molar-refractivity contribution in [1.29, 1.82) is 0 Å². The predicted octanol–water partition coefficient (Wildman–Crippen LogP) is 0.245. The van der Waals surface area contributed by atoms with Crippen molar-refractivity contribution in [3.8, 4) is 0 Å². The highest BCUT2D eigenvalue weighted by Crippen LogP contribution is 2.16. The Morgan fingerprint density at radius 1 is 1.25 bits per heavy atom. The molecule has 0 aromatic heterocycles. The summed E-state index contributed by atoms with van der Waals surface area (Å²) in [6, 6.07) is 0. The first kappa shape index (κ1) is 11.3. The highest BCUT2D eigenvalue weighted by Gasteiger charge is 2.20. The Balaban J connectivity index is 2.92. The van der Waals surface area contributed by atoms with Gasteiger partial charge in [-0.1, -0.05) is 0 Å². The molecule has 0 N–H and O–H groups in total. The molecular formula is C6H4N4O6. The van der Waals surface area contributed by atoms with Crippen molar-refractivity contribution >= 4 is 5.71 Å². The molecule has 0 unspecified atom stereocenters. The van der Waals surface area contributed by atoms with Crippen molar-refractivity contribution in [2.45, 2.75) is 6.42 Å². The molecule has 84 valence electrons. The second-order valence-corrected chi connectivity index (χ2v) is 2.56. The minimum Gasteiger partial charge on any atom is -0.361 e. The first-order valence-electron chi connectivity index (χ1n) is 3.79. The van der Waals surface area contributed by atoms with E-state index in [0.29, 0.717) is 0 Å². The lowest BCUT2D eigenvalue weighted by atomic mass is 10.1. The number of nitrogens with zero attached hydrogens (tertiary/aromatic N) is 4. The lowest BCUT2D eigenvalue weighted by Gasteiger charge is -2.07. The van der Waals surface area contributed by atoms with Crippen LogP contribution in [0.5, 0.6) is 0 Å². The maximum absolute atomic E-state index is 10.0. The van der Waals surface area contributed by atoms with Crippen LogP contribution in [0.1, 0.15) is 6.42 Å². The summed E-state index contributed by atoms with van der Waals surface area (Å²) in [6.07, 6.45) is 1.85. The van der Waals surface area contributed by atoms with Gasteiger partial charge in [-0.05, 0) is 6.08 Å². The standard InChI is InChI=1S/C6H4N4O6/c7-8-4-1-5(15-9(11)12)3-6(2-4)16-10(13)14/h1,3H,2H2. The SMILES string of the molecule is [N-]=[N+]=C1C=C(O[N+](=O)[O-])C=C(O[N+](=O)[O-])C1. The van der Waals surface area contributed by atoms with E-state index in [0.717, 1.165) is 12.2 Å². The van der Waals surface area contributed by atoms with Crippen LogP contribution < -0.4 is 0 Å². The van der Waals surface area contributed by atoms with Crippen molar-refractivity contribution in [3.63, 3.8) is 0 Å². The molecule has 0 spiro atoms. The van der Waals surface area contributed by atoms with E-state index in [1.54, 1.807) is 0 Å². The summed E-state index contributed by atoms with van der Waals surface area (Å²) in [5, 5.41) is 17.9. The monoisotopic (exact) mass is 228 g/mol. The van der Waals surface area contributed by atoms with E-state index in [1.165, 1.54) is 0 Å². The fourth-order valence-corrected chi connectivity index (χ4v) is 1.00. The van der Waals surface area contributed by atoms with Crippen LogP contribution >= 0.6 is 0 Å². The zero-order valence-corrected chi connectivity index (χ0v) is 7.60. The molecule has 16 heavy (non-hydrogen) atoms. The largest absolute Gasteiger partial charge is 0.361 e. The van der Waals surface area contributed by atoms with Gasteiger partial charge in [0.1, 0.15) is 11.5 Å². The summed E-state index contributed by atoms with van der Waals surface area (Å²) < 4.78 is 0. The van der Waals surface area contributed by atoms with Crippen LogP contribution in [0, 0.1) is 20.2 Å². The van der Waals surface area contributed by atoms with Crippen LogP contribution in [0.3, 0.4) is 0 Å². The van der Waals surface area contributed by atoms with E-state index in [1.807, 2.05) is 0 Å².